The van der Waals surface area contributed by atoms with Gasteiger partial charge in [-0.05, 0) is 6.26 Å². The van der Waals surface area contributed by atoms with Gasteiger partial charge in [-0.1, -0.05) is 11.8 Å². The summed E-state index contributed by atoms with van der Waals surface area (Å²) in [5, 5.41) is 0.620. The predicted octanol–water partition coefficient (Wildman–Crippen LogP) is 0.814. The molecule has 5 heteroatoms. The summed E-state index contributed by atoms with van der Waals surface area (Å²) >= 11 is 1.43. The molecule has 1 aromatic rings. The number of aromatic nitrogens is 1. The smallest absolute Gasteiger partial charge is 0.255 e. The number of amides is 1. The van der Waals surface area contributed by atoms with Gasteiger partial charge in [0.2, 0.25) is 5.91 Å². The summed E-state index contributed by atoms with van der Waals surface area (Å²) in [6.45, 7) is 0. The highest BCUT2D eigenvalue weighted by atomic mass is 32.2. The normalized spacial score (nSPS) is 10.1. The zero-order chi connectivity index (χ0) is 8.97. The third-order valence-electron chi connectivity index (χ3n) is 1.33. The van der Waals surface area contributed by atoms with Crippen LogP contribution >= 0.6 is 11.8 Å². The van der Waals surface area contributed by atoms with Crippen LogP contribution in [0.15, 0.2) is 15.9 Å². The van der Waals surface area contributed by atoms with Gasteiger partial charge in [-0.3, -0.25) is 4.79 Å². The Bertz CT molecular complexity index is 272. The summed E-state index contributed by atoms with van der Waals surface area (Å²) < 4.78 is 5.05. The van der Waals surface area contributed by atoms with Crippen LogP contribution in [0.1, 0.15) is 12.1 Å². The summed E-state index contributed by atoms with van der Waals surface area (Å²) in [6.07, 6.45) is 4.30. The molecule has 0 saturated carbocycles. The lowest BCUT2D eigenvalue weighted by molar-refractivity contribution is -0.118. The number of carbonyl (C=O) groups is 1. The van der Waals surface area contributed by atoms with Gasteiger partial charge in [-0.25, -0.2) is 4.98 Å². The van der Waals surface area contributed by atoms with Gasteiger partial charge in [0.25, 0.3) is 5.22 Å². The summed E-state index contributed by atoms with van der Waals surface area (Å²) in [5.41, 5.74) is 5.75. The molecule has 0 fully saturated rings. The van der Waals surface area contributed by atoms with E-state index >= 15 is 0 Å². The number of aryl methyl sites for hydroxylation is 1. The van der Waals surface area contributed by atoms with Crippen LogP contribution in [0.4, 0.5) is 0 Å². The molecule has 1 aromatic heterocycles. The fourth-order valence-electron chi connectivity index (χ4n) is 0.748. The van der Waals surface area contributed by atoms with Crippen LogP contribution in [-0.2, 0) is 11.2 Å². The largest absolute Gasteiger partial charge is 0.440 e. The van der Waals surface area contributed by atoms with Crippen LogP contribution in [0, 0.1) is 0 Å². The van der Waals surface area contributed by atoms with Crippen molar-refractivity contribution in [2.75, 3.05) is 6.26 Å². The standard InChI is InChI=1S/C7H10N2O2S/c1-12-7-9-5(4-11-7)2-3-6(8)10/h4H,2-3H2,1H3,(H2,8,10). The summed E-state index contributed by atoms with van der Waals surface area (Å²) in [5.74, 6) is -0.316. The highest BCUT2D eigenvalue weighted by molar-refractivity contribution is 7.98. The first-order chi connectivity index (χ1) is 5.72. The van der Waals surface area contributed by atoms with E-state index in [0.29, 0.717) is 18.1 Å². The molecule has 66 valence electrons. The van der Waals surface area contributed by atoms with E-state index in [-0.39, 0.29) is 5.91 Å². The Morgan fingerprint density at radius 3 is 3.08 bits per heavy atom. The van der Waals surface area contributed by atoms with Crippen molar-refractivity contribution in [2.45, 2.75) is 18.1 Å². The molecule has 1 rings (SSSR count). The number of rotatable bonds is 4. The van der Waals surface area contributed by atoms with Gasteiger partial charge >= 0.3 is 0 Å². The van der Waals surface area contributed by atoms with Crippen LogP contribution in [0.3, 0.4) is 0 Å². The van der Waals surface area contributed by atoms with Crippen molar-refractivity contribution in [3.8, 4) is 0 Å². The second-order valence-corrected chi connectivity index (χ2v) is 3.03. The fraction of sp³-hybridized carbons (Fsp3) is 0.429. The van der Waals surface area contributed by atoms with Crippen LogP contribution in [0.5, 0.6) is 0 Å². The Morgan fingerprint density at radius 2 is 2.58 bits per heavy atom. The number of thioether (sulfide) groups is 1. The van der Waals surface area contributed by atoms with Gasteiger partial charge in [0.15, 0.2) is 0 Å². The second kappa shape index (κ2) is 4.15. The van der Waals surface area contributed by atoms with Crippen molar-refractivity contribution in [3.05, 3.63) is 12.0 Å². The number of nitrogens with two attached hydrogens (primary N) is 1. The predicted molar refractivity (Wildman–Crippen MR) is 45.8 cm³/mol. The first-order valence-corrected chi connectivity index (χ1v) is 4.71. The molecule has 0 bridgehead atoms. The number of nitrogens with zero attached hydrogens (tertiary/aromatic N) is 1. The molecular weight excluding hydrogens is 176 g/mol. The van der Waals surface area contributed by atoms with Gasteiger partial charge in [0.05, 0.1) is 5.69 Å². The van der Waals surface area contributed by atoms with Crippen molar-refractivity contribution < 1.29 is 9.21 Å². The molecule has 12 heavy (non-hydrogen) atoms. The quantitative estimate of drug-likeness (QED) is 0.706. The molecule has 0 saturated heterocycles. The zero-order valence-electron chi connectivity index (χ0n) is 6.74. The third kappa shape index (κ3) is 2.58. The Hall–Kier alpha value is -0.970. The minimum atomic E-state index is -0.316. The number of hydrogen-bond acceptors (Lipinski definition) is 4. The van der Waals surface area contributed by atoms with Crippen molar-refractivity contribution in [1.82, 2.24) is 4.98 Å². The molecule has 0 radical (unpaired) electrons. The highest BCUT2D eigenvalue weighted by Gasteiger charge is 2.03. The van der Waals surface area contributed by atoms with E-state index in [1.807, 2.05) is 6.26 Å². The van der Waals surface area contributed by atoms with Crippen molar-refractivity contribution in [3.63, 3.8) is 0 Å². The highest BCUT2D eigenvalue weighted by Crippen LogP contribution is 2.13. The minimum absolute atomic E-state index is 0.316. The topological polar surface area (TPSA) is 69.1 Å². The Kier molecular flexibility index (Phi) is 3.16. The van der Waals surface area contributed by atoms with Gasteiger partial charge in [-0.2, -0.15) is 0 Å². The van der Waals surface area contributed by atoms with E-state index in [0.717, 1.165) is 5.69 Å². The maximum absolute atomic E-state index is 10.4. The van der Waals surface area contributed by atoms with Crippen molar-refractivity contribution in [2.24, 2.45) is 5.73 Å². The Balaban J connectivity index is 2.47. The van der Waals surface area contributed by atoms with Crippen LogP contribution in [-0.4, -0.2) is 17.1 Å². The van der Waals surface area contributed by atoms with E-state index in [1.54, 1.807) is 6.26 Å². The lowest BCUT2D eigenvalue weighted by atomic mass is 10.2. The second-order valence-electron chi connectivity index (χ2n) is 2.28. The van der Waals surface area contributed by atoms with Gasteiger partial charge < -0.3 is 10.2 Å². The van der Waals surface area contributed by atoms with Crippen LogP contribution < -0.4 is 5.73 Å². The third-order valence-corrected chi connectivity index (χ3v) is 1.87. The summed E-state index contributed by atoms with van der Waals surface area (Å²) in [4.78, 5) is 14.5. The molecule has 4 nitrogen and oxygen atoms in total. The van der Waals surface area contributed by atoms with E-state index < -0.39 is 0 Å². The monoisotopic (exact) mass is 186 g/mol. The lowest BCUT2D eigenvalue weighted by Crippen LogP contribution is -2.11. The van der Waals surface area contributed by atoms with Crippen molar-refractivity contribution in [1.29, 1.82) is 0 Å². The van der Waals surface area contributed by atoms with Gasteiger partial charge in [0, 0.05) is 12.8 Å². The molecule has 1 amide bonds. The zero-order valence-corrected chi connectivity index (χ0v) is 7.56. The summed E-state index contributed by atoms with van der Waals surface area (Å²) in [7, 11) is 0. The number of primary amides is 1. The molecule has 0 spiro atoms. The molecular formula is C7H10N2O2S. The molecule has 0 unspecified atom stereocenters. The number of hydrogen-bond donors (Lipinski definition) is 1. The molecule has 0 aliphatic rings. The van der Waals surface area contributed by atoms with E-state index in [9.17, 15) is 4.79 Å². The average molecular weight is 186 g/mol. The fourth-order valence-corrected chi connectivity index (χ4v) is 1.10. The molecule has 2 N–H and O–H groups in total. The number of carbonyl (C=O) groups excluding carboxylic acids is 1. The molecule has 0 aliphatic carbocycles. The molecule has 1 heterocycles. The first kappa shape index (κ1) is 9.12. The maximum atomic E-state index is 10.4. The van der Waals surface area contributed by atoms with E-state index in [1.165, 1.54) is 11.8 Å². The van der Waals surface area contributed by atoms with Crippen LogP contribution in [0.25, 0.3) is 0 Å². The van der Waals surface area contributed by atoms with E-state index in [4.69, 9.17) is 10.2 Å². The lowest BCUT2D eigenvalue weighted by Gasteiger charge is -1.89. The van der Waals surface area contributed by atoms with Gasteiger partial charge in [-0.15, -0.1) is 0 Å². The van der Waals surface area contributed by atoms with Gasteiger partial charge in [0.1, 0.15) is 6.26 Å². The van der Waals surface area contributed by atoms with Crippen molar-refractivity contribution >= 4 is 17.7 Å². The molecule has 0 aliphatic heterocycles. The maximum Gasteiger partial charge on any atom is 0.255 e. The SMILES string of the molecule is CSc1nc(CCC(N)=O)co1. The molecule has 0 atom stereocenters. The Morgan fingerprint density at radius 1 is 1.83 bits per heavy atom. The number of oxazole rings is 1. The van der Waals surface area contributed by atoms with Crippen LogP contribution in [0.2, 0.25) is 0 Å². The Labute approximate surface area is 74.5 Å². The average Bonchev–Trinajstić information content (AvgIpc) is 2.48. The first-order valence-electron chi connectivity index (χ1n) is 3.49. The summed E-state index contributed by atoms with van der Waals surface area (Å²) in [6, 6.07) is 0. The molecule has 0 aromatic carbocycles. The minimum Gasteiger partial charge on any atom is -0.440 e. The van der Waals surface area contributed by atoms with E-state index in [2.05, 4.69) is 4.98 Å².